The van der Waals surface area contributed by atoms with Gasteiger partial charge in [0.1, 0.15) is 6.04 Å². The Labute approximate surface area is 104 Å². The van der Waals surface area contributed by atoms with Crippen LogP contribution in [0.4, 0.5) is 5.13 Å². The van der Waals surface area contributed by atoms with Crippen molar-refractivity contribution in [1.82, 2.24) is 10.3 Å². The van der Waals surface area contributed by atoms with Gasteiger partial charge < -0.3 is 15.4 Å². The minimum atomic E-state index is -0.261. The molecule has 1 amide bonds. The third-order valence-electron chi connectivity index (χ3n) is 2.09. The van der Waals surface area contributed by atoms with E-state index in [2.05, 4.69) is 15.6 Å². The van der Waals surface area contributed by atoms with Crippen molar-refractivity contribution in [3.05, 3.63) is 11.1 Å². The number of hydrogen-bond donors (Lipinski definition) is 2. The van der Waals surface area contributed by atoms with Crippen molar-refractivity contribution in [3.8, 4) is 0 Å². The largest absolute Gasteiger partial charge is 0.378 e. The van der Waals surface area contributed by atoms with Gasteiger partial charge in [-0.3, -0.25) is 4.79 Å². The lowest BCUT2D eigenvalue weighted by atomic mass is 10.2. The summed E-state index contributed by atoms with van der Waals surface area (Å²) in [7, 11) is 0. The van der Waals surface area contributed by atoms with Crippen LogP contribution < -0.4 is 10.6 Å². The highest BCUT2D eigenvalue weighted by atomic mass is 35.5. The van der Waals surface area contributed by atoms with Gasteiger partial charge in [-0.2, -0.15) is 0 Å². The van der Waals surface area contributed by atoms with Crippen LogP contribution in [0.25, 0.3) is 0 Å². The highest BCUT2D eigenvalue weighted by Crippen LogP contribution is 2.14. The number of aromatic nitrogens is 1. The molecule has 1 fully saturated rings. The van der Waals surface area contributed by atoms with Gasteiger partial charge in [0.05, 0.1) is 18.9 Å². The Hall–Kier alpha value is -0.690. The molecule has 2 rings (SSSR count). The smallest absolute Gasteiger partial charge is 0.245 e. The highest BCUT2D eigenvalue weighted by Gasteiger charge is 2.21. The van der Waals surface area contributed by atoms with E-state index in [4.69, 9.17) is 4.74 Å². The molecule has 1 saturated heterocycles. The molecular weight excluding hydrogens is 250 g/mol. The van der Waals surface area contributed by atoms with Crippen molar-refractivity contribution in [2.24, 2.45) is 0 Å². The predicted octanol–water partition coefficient (Wildman–Crippen LogP) is 0.800. The van der Waals surface area contributed by atoms with E-state index >= 15 is 0 Å². The van der Waals surface area contributed by atoms with E-state index < -0.39 is 0 Å². The molecule has 0 aliphatic carbocycles. The summed E-state index contributed by atoms with van der Waals surface area (Å²) in [5.41, 5.74) is 0.920. The zero-order valence-electron chi connectivity index (χ0n) is 8.86. The van der Waals surface area contributed by atoms with Gasteiger partial charge in [0.2, 0.25) is 5.91 Å². The Morgan fingerprint density at radius 1 is 1.75 bits per heavy atom. The van der Waals surface area contributed by atoms with Gasteiger partial charge in [-0.25, -0.2) is 4.98 Å². The second-order valence-corrected chi connectivity index (χ2v) is 4.22. The van der Waals surface area contributed by atoms with E-state index in [1.165, 1.54) is 11.3 Å². The maximum absolute atomic E-state index is 11.7. The van der Waals surface area contributed by atoms with Crippen LogP contribution in [0.3, 0.4) is 0 Å². The molecular formula is C9H14ClN3O2S. The van der Waals surface area contributed by atoms with Crippen molar-refractivity contribution < 1.29 is 9.53 Å². The van der Waals surface area contributed by atoms with E-state index in [1.807, 2.05) is 12.3 Å². The standard InChI is InChI=1S/C9H13N3O2S.ClH/c1-6-5-15-9(11-6)12-8(13)7-4-14-3-2-10-7;/h5,7,10H,2-4H2,1H3,(H,11,12,13);1H. The first-order valence-electron chi connectivity index (χ1n) is 4.80. The predicted molar refractivity (Wildman–Crippen MR) is 65.3 cm³/mol. The maximum Gasteiger partial charge on any atom is 0.245 e. The molecule has 0 radical (unpaired) electrons. The summed E-state index contributed by atoms with van der Waals surface area (Å²) in [6.07, 6.45) is 0. The van der Waals surface area contributed by atoms with Gasteiger partial charge in [-0.15, -0.1) is 23.7 Å². The maximum atomic E-state index is 11.7. The van der Waals surface area contributed by atoms with Crippen LogP contribution in [-0.4, -0.2) is 36.7 Å². The monoisotopic (exact) mass is 263 g/mol. The molecule has 2 heterocycles. The number of amides is 1. The van der Waals surface area contributed by atoms with Crippen molar-refractivity contribution >= 4 is 34.8 Å². The average molecular weight is 264 g/mol. The summed E-state index contributed by atoms with van der Waals surface area (Å²) in [6.45, 7) is 3.71. The topological polar surface area (TPSA) is 63.2 Å². The first-order valence-corrected chi connectivity index (χ1v) is 5.68. The second-order valence-electron chi connectivity index (χ2n) is 3.36. The minimum absolute atomic E-state index is 0. The molecule has 16 heavy (non-hydrogen) atoms. The van der Waals surface area contributed by atoms with Gasteiger partial charge in [0.25, 0.3) is 0 Å². The summed E-state index contributed by atoms with van der Waals surface area (Å²) in [4.78, 5) is 15.9. The zero-order valence-corrected chi connectivity index (χ0v) is 10.5. The second kappa shape index (κ2) is 6.15. The van der Waals surface area contributed by atoms with Crippen LogP contribution in [0.15, 0.2) is 5.38 Å². The minimum Gasteiger partial charge on any atom is -0.378 e. The Morgan fingerprint density at radius 2 is 2.56 bits per heavy atom. The SMILES string of the molecule is Cc1csc(NC(=O)C2COCCN2)n1.Cl. The van der Waals surface area contributed by atoms with E-state index in [-0.39, 0.29) is 24.4 Å². The number of nitrogens with one attached hydrogen (secondary N) is 2. The Morgan fingerprint density at radius 3 is 3.12 bits per heavy atom. The lowest BCUT2D eigenvalue weighted by Gasteiger charge is -2.22. The molecule has 7 heteroatoms. The Kier molecular flexibility index (Phi) is 5.14. The molecule has 90 valence electrons. The summed E-state index contributed by atoms with van der Waals surface area (Å²) in [6, 6.07) is -0.261. The van der Waals surface area contributed by atoms with E-state index in [9.17, 15) is 4.79 Å². The van der Waals surface area contributed by atoms with Gasteiger partial charge >= 0.3 is 0 Å². The Balaban J connectivity index is 0.00000128. The molecule has 1 aromatic heterocycles. The van der Waals surface area contributed by atoms with Crippen molar-refractivity contribution in [3.63, 3.8) is 0 Å². The molecule has 1 aliphatic rings. The first kappa shape index (κ1) is 13.4. The number of rotatable bonds is 2. The number of halogens is 1. The summed E-state index contributed by atoms with van der Waals surface area (Å²) >= 11 is 1.43. The highest BCUT2D eigenvalue weighted by molar-refractivity contribution is 7.13. The lowest BCUT2D eigenvalue weighted by Crippen LogP contribution is -2.48. The molecule has 1 unspecified atom stereocenters. The zero-order chi connectivity index (χ0) is 10.7. The molecule has 2 N–H and O–H groups in total. The van der Waals surface area contributed by atoms with Gasteiger partial charge in [0.15, 0.2) is 5.13 Å². The van der Waals surface area contributed by atoms with Gasteiger partial charge in [0, 0.05) is 11.9 Å². The number of carbonyl (C=O) groups excluding carboxylic acids is 1. The van der Waals surface area contributed by atoms with Crippen molar-refractivity contribution in [1.29, 1.82) is 0 Å². The summed E-state index contributed by atoms with van der Waals surface area (Å²) in [5.74, 6) is -0.0796. The molecule has 1 aromatic rings. The average Bonchev–Trinajstić information content (AvgIpc) is 2.65. The molecule has 0 saturated carbocycles. The van der Waals surface area contributed by atoms with E-state index in [0.717, 1.165) is 12.2 Å². The van der Waals surface area contributed by atoms with Crippen molar-refractivity contribution in [2.45, 2.75) is 13.0 Å². The number of thiazole rings is 1. The molecule has 0 spiro atoms. The quantitative estimate of drug-likeness (QED) is 0.829. The van der Waals surface area contributed by atoms with Gasteiger partial charge in [-0.05, 0) is 6.92 Å². The van der Waals surface area contributed by atoms with Crippen LogP contribution in [0.5, 0.6) is 0 Å². The first-order chi connectivity index (χ1) is 7.25. The van der Waals surface area contributed by atoms with Gasteiger partial charge in [-0.1, -0.05) is 0 Å². The number of morpholine rings is 1. The summed E-state index contributed by atoms with van der Waals surface area (Å²) in [5, 5.41) is 8.39. The number of nitrogens with zero attached hydrogens (tertiary/aromatic N) is 1. The normalized spacial score (nSPS) is 19.9. The van der Waals surface area contributed by atoms with Crippen LogP contribution in [-0.2, 0) is 9.53 Å². The Bertz CT molecular complexity index is 352. The molecule has 1 atom stereocenters. The van der Waals surface area contributed by atoms with Crippen LogP contribution >= 0.6 is 23.7 Å². The lowest BCUT2D eigenvalue weighted by molar-refractivity contribution is -0.120. The molecule has 5 nitrogen and oxygen atoms in total. The van der Waals surface area contributed by atoms with E-state index in [1.54, 1.807) is 0 Å². The van der Waals surface area contributed by atoms with Crippen LogP contribution in [0, 0.1) is 6.92 Å². The molecule has 1 aliphatic heterocycles. The van der Waals surface area contributed by atoms with Crippen molar-refractivity contribution in [2.75, 3.05) is 25.1 Å². The number of aryl methyl sites for hydroxylation is 1. The van der Waals surface area contributed by atoms with Crippen LogP contribution in [0.2, 0.25) is 0 Å². The fraction of sp³-hybridized carbons (Fsp3) is 0.556. The third kappa shape index (κ3) is 3.41. The number of anilines is 1. The fourth-order valence-electron chi connectivity index (χ4n) is 1.34. The fourth-order valence-corrected chi connectivity index (χ4v) is 2.03. The molecule has 0 bridgehead atoms. The third-order valence-corrected chi connectivity index (χ3v) is 2.96. The van der Waals surface area contributed by atoms with Crippen LogP contribution in [0.1, 0.15) is 5.69 Å². The number of ether oxygens (including phenoxy) is 1. The summed E-state index contributed by atoms with van der Waals surface area (Å²) < 4.78 is 5.21. The molecule has 0 aromatic carbocycles. The van der Waals surface area contributed by atoms with E-state index in [0.29, 0.717) is 18.3 Å². The number of hydrogen-bond acceptors (Lipinski definition) is 5. The number of carbonyl (C=O) groups is 1.